The Morgan fingerprint density at radius 2 is 1.54 bits per heavy atom. The first kappa shape index (κ1) is 24.9. The van der Waals surface area contributed by atoms with Crippen molar-refractivity contribution in [3.8, 4) is 22.6 Å². The van der Waals surface area contributed by atoms with Gasteiger partial charge in [-0.05, 0) is 71.8 Å². The van der Waals surface area contributed by atoms with Crippen LogP contribution in [0.25, 0.3) is 11.1 Å². The van der Waals surface area contributed by atoms with E-state index in [-0.39, 0.29) is 29.3 Å². The lowest BCUT2D eigenvalue weighted by Gasteiger charge is -2.31. The monoisotopic (exact) mass is 513 g/mol. The Labute approximate surface area is 221 Å². The number of aromatic hydroxyl groups is 2. The van der Waals surface area contributed by atoms with E-state index in [4.69, 9.17) is 12.2 Å². The van der Waals surface area contributed by atoms with Crippen LogP contribution in [0.1, 0.15) is 42.5 Å². The molecule has 1 fully saturated rings. The lowest BCUT2D eigenvalue weighted by Crippen LogP contribution is -2.28. The Hall–Kier alpha value is -3.74. The first-order valence-corrected chi connectivity index (χ1v) is 12.7. The van der Waals surface area contributed by atoms with Gasteiger partial charge in [0.15, 0.2) is 0 Å². The largest absolute Gasteiger partial charge is 0.508 e. The second kappa shape index (κ2) is 10.7. The molecule has 0 saturated carbocycles. The lowest BCUT2D eigenvalue weighted by molar-refractivity contribution is 0.155. The van der Waals surface area contributed by atoms with E-state index in [9.17, 15) is 19.7 Å². The van der Waals surface area contributed by atoms with Gasteiger partial charge in [-0.25, -0.2) is 4.39 Å². The van der Waals surface area contributed by atoms with Gasteiger partial charge in [0.2, 0.25) is 0 Å². The van der Waals surface area contributed by atoms with E-state index >= 15 is 0 Å². The molecule has 1 aliphatic rings. The van der Waals surface area contributed by atoms with Crippen molar-refractivity contribution < 1.29 is 19.7 Å². The topological polar surface area (TPSA) is 63.9 Å². The number of aliphatic hydroxyl groups is 1. The van der Waals surface area contributed by atoms with Crippen LogP contribution >= 0.6 is 12.2 Å². The number of rotatable bonds is 7. The summed E-state index contributed by atoms with van der Waals surface area (Å²) in [7, 11) is 0. The average molecular weight is 514 g/mol. The Kier molecular flexibility index (Phi) is 7.22. The summed E-state index contributed by atoms with van der Waals surface area (Å²) in [6, 6.07) is 28.6. The fourth-order valence-electron chi connectivity index (χ4n) is 5.21. The minimum absolute atomic E-state index is 0.00434. The minimum atomic E-state index is -0.734. The number of hydrogen-bond donors (Lipinski definition) is 3. The number of nitrogens with zero attached hydrogens (tertiary/aromatic N) is 1. The van der Waals surface area contributed by atoms with Crippen molar-refractivity contribution in [1.29, 1.82) is 0 Å². The number of aliphatic hydroxyl groups excluding tert-OH is 1. The van der Waals surface area contributed by atoms with Crippen LogP contribution in [0.5, 0.6) is 11.5 Å². The number of phenols is 2. The molecule has 0 aliphatic carbocycles. The maximum absolute atomic E-state index is 13.3. The molecule has 1 heterocycles. The fourth-order valence-corrected chi connectivity index (χ4v) is 5.64. The molecule has 3 atom stereocenters. The van der Waals surface area contributed by atoms with Gasteiger partial charge in [-0.1, -0.05) is 66.8 Å². The third-order valence-electron chi connectivity index (χ3n) is 7.08. The molecule has 4 aromatic carbocycles. The van der Waals surface area contributed by atoms with Gasteiger partial charge in [0.05, 0.1) is 17.1 Å². The predicted octanol–water partition coefficient (Wildman–Crippen LogP) is 7.31. The van der Waals surface area contributed by atoms with Gasteiger partial charge in [-0.15, -0.1) is 0 Å². The zero-order valence-electron chi connectivity index (χ0n) is 20.2. The summed E-state index contributed by atoms with van der Waals surface area (Å²) in [5.41, 5.74) is 4.48. The summed E-state index contributed by atoms with van der Waals surface area (Å²) in [5.74, 6) is -0.325. The molecule has 5 rings (SSSR count). The molecule has 0 unspecified atom stereocenters. The molecule has 4 nitrogen and oxygen atoms in total. The fraction of sp³-hybridized carbons (Fsp3) is 0.194. The first-order valence-electron chi connectivity index (χ1n) is 12.3. The molecular formula is C31H28FNO3S. The molecule has 6 heteroatoms. The summed E-state index contributed by atoms with van der Waals surface area (Å²) < 4.78 is 13.3. The highest BCUT2D eigenvalue weighted by atomic mass is 32.1. The Morgan fingerprint density at radius 3 is 2.22 bits per heavy atom. The summed E-state index contributed by atoms with van der Waals surface area (Å²) >= 11 is 5.85. The number of benzene rings is 4. The molecule has 1 aliphatic heterocycles. The van der Waals surface area contributed by atoms with E-state index in [1.165, 1.54) is 18.2 Å². The predicted molar refractivity (Wildman–Crippen MR) is 148 cm³/mol. The number of anilines is 1. The summed E-state index contributed by atoms with van der Waals surface area (Å²) in [4.78, 5) is 2.83. The summed E-state index contributed by atoms with van der Waals surface area (Å²) in [5, 5.41) is 31.4. The van der Waals surface area contributed by atoms with Crippen LogP contribution in [-0.4, -0.2) is 20.3 Å². The molecule has 0 radical (unpaired) electrons. The second-order valence-electron chi connectivity index (χ2n) is 9.47. The Morgan fingerprint density at radius 1 is 0.865 bits per heavy atom. The van der Waals surface area contributed by atoms with E-state index in [1.807, 2.05) is 30.3 Å². The summed E-state index contributed by atoms with van der Waals surface area (Å²) in [6.07, 6.45) is 0.997. The van der Waals surface area contributed by atoms with Gasteiger partial charge >= 0.3 is 0 Å². The Balaban J connectivity index is 1.44. The van der Waals surface area contributed by atoms with E-state index in [0.29, 0.717) is 30.4 Å². The number of hydrogen-bond acceptors (Lipinski definition) is 4. The van der Waals surface area contributed by atoms with Crippen molar-refractivity contribution >= 4 is 22.9 Å². The quantitative estimate of drug-likeness (QED) is 0.226. The molecule has 4 aromatic rings. The van der Waals surface area contributed by atoms with E-state index < -0.39 is 6.10 Å². The number of thiocarbonyl (C=S) groups is 1. The van der Waals surface area contributed by atoms with E-state index in [0.717, 1.165) is 21.8 Å². The van der Waals surface area contributed by atoms with Gasteiger partial charge in [0, 0.05) is 23.7 Å². The van der Waals surface area contributed by atoms with E-state index in [2.05, 4.69) is 29.2 Å². The average Bonchev–Trinajstić information content (AvgIpc) is 3.23. The third-order valence-corrected chi connectivity index (χ3v) is 7.44. The van der Waals surface area contributed by atoms with Gasteiger partial charge in [0.25, 0.3) is 0 Å². The van der Waals surface area contributed by atoms with Crippen molar-refractivity contribution in [2.24, 2.45) is 5.92 Å². The van der Waals surface area contributed by atoms with Crippen molar-refractivity contribution in [3.63, 3.8) is 0 Å². The first-order chi connectivity index (χ1) is 17.9. The zero-order valence-corrected chi connectivity index (χ0v) is 21.0. The molecule has 0 bridgehead atoms. The maximum Gasteiger partial charge on any atom is 0.124 e. The molecular weight excluding hydrogens is 485 g/mol. The number of phenolic OH excluding ortho intramolecular Hbond substituents is 2. The van der Waals surface area contributed by atoms with Crippen LogP contribution in [-0.2, 0) is 0 Å². The highest BCUT2D eigenvalue weighted by Gasteiger charge is 2.40. The van der Waals surface area contributed by atoms with Crippen LogP contribution in [0, 0.1) is 11.7 Å². The molecule has 188 valence electrons. The molecule has 3 N–H and O–H groups in total. The van der Waals surface area contributed by atoms with Crippen molar-refractivity contribution in [3.05, 3.63) is 114 Å². The van der Waals surface area contributed by atoms with E-state index in [1.54, 1.807) is 24.3 Å². The van der Waals surface area contributed by atoms with Gasteiger partial charge < -0.3 is 20.2 Å². The molecule has 0 aromatic heterocycles. The second-order valence-corrected chi connectivity index (χ2v) is 9.94. The third kappa shape index (κ3) is 5.36. The normalized spacial score (nSPS) is 18.2. The number of halogens is 1. The van der Waals surface area contributed by atoms with Crippen LogP contribution in [0.15, 0.2) is 97.1 Å². The van der Waals surface area contributed by atoms with Crippen LogP contribution in [0.3, 0.4) is 0 Å². The van der Waals surface area contributed by atoms with Gasteiger partial charge in [-0.3, -0.25) is 0 Å². The van der Waals surface area contributed by atoms with Crippen molar-refractivity contribution in [1.82, 2.24) is 0 Å². The van der Waals surface area contributed by atoms with Crippen LogP contribution < -0.4 is 4.90 Å². The maximum atomic E-state index is 13.3. The molecule has 1 saturated heterocycles. The van der Waals surface area contributed by atoms with Crippen LogP contribution in [0.4, 0.5) is 10.1 Å². The van der Waals surface area contributed by atoms with Crippen molar-refractivity contribution in [2.75, 3.05) is 4.90 Å². The Bertz CT molecular complexity index is 1380. The highest BCUT2D eigenvalue weighted by Crippen LogP contribution is 2.47. The van der Waals surface area contributed by atoms with Crippen LogP contribution in [0.2, 0.25) is 0 Å². The lowest BCUT2D eigenvalue weighted by atomic mass is 9.87. The minimum Gasteiger partial charge on any atom is -0.508 e. The zero-order chi connectivity index (χ0) is 25.9. The summed E-state index contributed by atoms with van der Waals surface area (Å²) in [6.45, 7) is 0. The SMILES string of the molecule is Oc1ccc([C@@H]2[C@H](CC[C@H](O)c3ccc(F)cc3)CC(=S)N2c2ccc(-c3ccccc3)cc2)c(O)c1. The smallest absolute Gasteiger partial charge is 0.124 e. The van der Waals surface area contributed by atoms with Gasteiger partial charge in [-0.2, -0.15) is 0 Å². The highest BCUT2D eigenvalue weighted by molar-refractivity contribution is 7.80. The molecule has 0 spiro atoms. The van der Waals surface area contributed by atoms with Gasteiger partial charge in [0.1, 0.15) is 17.3 Å². The van der Waals surface area contributed by atoms with Crippen molar-refractivity contribution in [2.45, 2.75) is 31.4 Å². The molecule has 0 amide bonds. The molecule has 37 heavy (non-hydrogen) atoms. The standard InChI is InChI=1S/C31H28FNO3S/c32-24-11-6-22(7-12-24)28(35)17-10-23-18-30(37)33(31(23)27-16-15-26(34)19-29(27)36)25-13-8-21(9-14-25)20-4-2-1-3-5-20/h1-9,11-16,19,23,28,31,34-36H,10,17-18H2/t23-,28+,31+/m1/s1.